The van der Waals surface area contributed by atoms with E-state index in [0.717, 1.165) is 0 Å². The van der Waals surface area contributed by atoms with Crippen molar-refractivity contribution in [2.45, 2.75) is 13.8 Å². The summed E-state index contributed by atoms with van der Waals surface area (Å²) in [7, 11) is 0. The van der Waals surface area contributed by atoms with Crippen LogP contribution in [-0.2, 0) is 9.53 Å². The number of esters is 1. The van der Waals surface area contributed by atoms with Crippen molar-refractivity contribution in [3.8, 4) is 0 Å². The third-order valence-electron chi connectivity index (χ3n) is 3.73. The van der Waals surface area contributed by atoms with E-state index in [-0.39, 0.29) is 11.8 Å². The van der Waals surface area contributed by atoms with Gasteiger partial charge in [0, 0.05) is 31.3 Å². The van der Waals surface area contributed by atoms with E-state index >= 15 is 0 Å². The number of nitrogens with zero attached hydrogens (tertiary/aromatic N) is 1. The van der Waals surface area contributed by atoms with Crippen molar-refractivity contribution in [3.63, 3.8) is 0 Å². The fraction of sp³-hybridized carbons (Fsp3) is 0.250. The topological polar surface area (TPSA) is 75.7 Å². The summed E-state index contributed by atoms with van der Waals surface area (Å²) < 4.78 is 4.94. The average Bonchev–Trinajstić information content (AvgIpc) is 2.66. The molecule has 2 amide bonds. The SMILES string of the molecule is CCOC(=O)c1ccc(N(CCNC(=O)c2ccccc2)C(C)=O)cc1. The lowest BCUT2D eigenvalue weighted by Gasteiger charge is -2.21. The standard InChI is InChI=1S/C20H22N2O4/c1-3-26-20(25)17-9-11-18(12-10-17)22(15(2)23)14-13-21-19(24)16-7-5-4-6-8-16/h4-12H,3,13-14H2,1-2H3,(H,21,24). The Morgan fingerprint density at radius 3 is 2.19 bits per heavy atom. The first-order valence-corrected chi connectivity index (χ1v) is 8.41. The number of hydrogen-bond acceptors (Lipinski definition) is 4. The lowest BCUT2D eigenvalue weighted by molar-refractivity contribution is -0.116. The van der Waals surface area contributed by atoms with Crippen LogP contribution in [0.3, 0.4) is 0 Å². The number of nitrogens with one attached hydrogen (secondary N) is 1. The highest BCUT2D eigenvalue weighted by Crippen LogP contribution is 2.16. The normalized spacial score (nSPS) is 10.1. The zero-order valence-corrected chi connectivity index (χ0v) is 14.9. The van der Waals surface area contributed by atoms with E-state index in [1.165, 1.54) is 6.92 Å². The molecule has 0 saturated heterocycles. The smallest absolute Gasteiger partial charge is 0.338 e. The van der Waals surface area contributed by atoms with Crippen molar-refractivity contribution in [2.24, 2.45) is 0 Å². The molecule has 6 nitrogen and oxygen atoms in total. The van der Waals surface area contributed by atoms with E-state index < -0.39 is 5.97 Å². The lowest BCUT2D eigenvalue weighted by atomic mass is 10.2. The van der Waals surface area contributed by atoms with E-state index in [4.69, 9.17) is 4.74 Å². The highest BCUT2D eigenvalue weighted by atomic mass is 16.5. The number of carbonyl (C=O) groups excluding carboxylic acids is 3. The van der Waals surface area contributed by atoms with Crippen LogP contribution in [0.15, 0.2) is 54.6 Å². The van der Waals surface area contributed by atoms with Crippen LogP contribution in [0.4, 0.5) is 5.69 Å². The number of hydrogen-bond donors (Lipinski definition) is 1. The van der Waals surface area contributed by atoms with E-state index in [0.29, 0.717) is 36.5 Å². The van der Waals surface area contributed by atoms with E-state index in [1.54, 1.807) is 60.4 Å². The molecule has 2 aromatic rings. The monoisotopic (exact) mass is 354 g/mol. The van der Waals surface area contributed by atoms with Gasteiger partial charge in [-0.05, 0) is 43.3 Å². The van der Waals surface area contributed by atoms with Gasteiger partial charge in [0.2, 0.25) is 5.91 Å². The Morgan fingerprint density at radius 2 is 1.62 bits per heavy atom. The molecule has 136 valence electrons. The van der Waals surface area contributed by atoms with Gasteiger partial charge in [0.15, 0.2) is 0 Å². The molecule has 2 aromatic carbocycles. The summed E-state index contributed by atoms with van der Waals surface area (Å²) >= 11 is 0. The molecule has 0 aliphatic heterocycles. The number of rotatable bonds is 7. The molecule has 0 spiro atoms. The maximum absolute atomic E-state index is 12.0. The molecule has 0 unspecified atom stereocenters. The molecule has 0 atom stereocenters. The molecular weight excluding hydrogens is 332 g/mol. The van der Waals surface area contributed by atoms with Crippen LogP contribution in [0.2, 0.25) is 0 Å². The van der Waals surface area contributed by atoms with Gasteiger partial charge in [-0.1, -0.05) is 18.2 Å². The van der Waals surface area contributed by atoms with Gasteiger partial charge >= 0.3 is 5.97 Å². The van der Waals surface area contributed by atoms with Gasteiger partial charge in [-0.15, -0.1) is 0 Å². The van der Waals surface area contributed by atoms with Gasteiger partial charge in [0.25, 0.3) is 5.91 Å². The Bertz CT molecular complexity index is 757. The molecule has 0 heterocycles. The minimum absolute atomic E-state index is 0.150. The number of ether oxygens (including phenoxy) is 1. The van der Waals surface area contributed by atoms with Crippen LogP contribution in [0.1, 0.15) is 34.6 Å². The molecule has 0 bridgehead atoms. The number of anilines is 1. The molecule has 6 heteroatoms. The quantitative estimate of drug-likeness (QED) is 0.776. The summed E-state index contributed by atoms with van der Waals surface area (Å²) in [4.78, 5) is 37.2. The number of benzene rings is 2. The van der Waals surface area contributed by atoms with E-state index in [2.05, 4.69) is 5.32 Å². The molecule has 0 aliphatic rings. The highest BCUT2D eigenvalue weighted by Gasteiger charge is 2.13. The van der Waals surface area contributed by atoms with Crippen molar-refractivity contribution in [1.82, 2.24) is 5.32 Å². The maximum Gasteiger partial charge on any atom is 0.338 e. The summed E-state index contributed by atoms with van der Waals surface area (Å²) in [6, 6.07) is 15.5. The summed E-state index contributed by atoms with van der Waals surface area (Å²) in [6.07, 6.45) is 0. The first-order chi connectivity index (χ1) is 12.5. The molecule has 0 saturated carbocycles. The zero-order valence-electron chi connectivity index (χ0n) is 14.9. The Balaban J connectivity index is 1.97. The second-order valence-corrected chi connectivity index (χ2v) is 5.56. The first kappa shape index (κ1) is 19.2. The van der Waals surface area contributed by atoms with Crippen molar-refractivity contribution in [1.29, 1.82) is 0 Å². The first-order valence-electron chi connectivity index (χ1n) is 8.41. The zero-order chi connectivity index (χ0) is 18.9. The third kappa shape index (κ3) is 5.17. The predicted molar refractivity (Wildman–Crippen MR) is 99.2 cm³/mol. The van der Waals surface area contributed by atoms with Gasteiger partial charge in [0.1, 0.15) is 0 Å². The van der Waals surface area contributed by atoms with Crippen LogP contribution in [0.5, 0.6) is 0 Å². The van der Waals surface area contributed by atoms with Gasteiger partial charge in [-0.2, -0.15) is 0 Å². The minimum atomic E-state index is -0.399. The highest BCUT2D eigenvalue weighted by molar-refractivity contribution is 5.95. The van der Waals surface area contributed by atoms with Gasteiger partial charge in [-0.25, -0.2) is 4.79 Å². The molecular formula is C20H22N2O4. The summed E-state index contributed by atoms with van der Waals surface area (Å²) in [5, 5.41) is 2.79. The fourth-order valence-corrected chi connectivity index (χ4v) is 2.43. The Kier molecular flexibility index (Phi) is 6.91. The summed E-state index contributed by atoms with van der Waals surface area (Å²) in [6.45, 7) is 4.15. The molecule has 2 rings (SSSR count). The van der Waals surface area contributed by atoms with Gasteiger partial charge < -0.3 is 15.0 Å². The molecule has 0 aromatic heterocycles. The molecule has 26 heavy (non-hydrogen) atoms. The summed E-state index contributed by atoms with van der Waals surface area (Å²) in [5.74, 6) is -0.738. The van der Waals surface area contributed by atoms with Crippen molar-refractivity contribution in [2.75, 3.05) is 24.6 Å². The Morgan fingerprint density at radius 1 is 0.962 bits per heavy atom. The van der Waals surface area contributed by atoms with Gasteiger partial charge in [-0.3, -0.25) is 9.59 Å². The predicted octanol–water partition coefficient (Wildman–Crippen LogP) is 2.65. The largest absolute Gasteiger partial charge is 0.462 e. The van der Waals surface area contributed by atoms with Crippen molar-refractivity contribution in [3.05, 3.63) is 65.7 Å². The second-order valence-electron chi connectivity index (χ2n) is 5.56. The van der Waals surface area contributed by atoms with Crippen LogP contribution < -0.4 is 10.2 Å². The number of amides is 2. The third-order valence-corrected chi connectivity index (χ3v) is 3.73. The van der Waals surface area contributed by atoms with Crippen molar-refractivity contribution >= 4 is 23.5 Å². The van der Waals surface area contributed by atoms with Crippen LogP contribution in [0, 0.1) is 0 Å². The minimum Gasteiger partial charge on any atom is -0.462 e. The molecule has 0 radical (unpaired) electrons. The average molecular weight is 354 g/mol. The van der Waals surface area contributed by atoms with Crippen LogP contribution in [-0.4, -0.2) is 37.5 Å². The lowest BCUT2D eigenvalue weighted by Crippen LogP contribution is -2.37. The second kappa shape index (κ2) is 9.36. The van der Waals surface area contributed by atoms with E-state index in [9.17, 15) is 14.4 Å². The molecule has 1 N–H and O–H groups in total. The Hall–Kier alpha value is -3.15. The fourth-order valence-electron chi connectivity index (χ4n) is 2.43. The van der Waals surface area contributed by atoms with E-state index in [1.807, 2.05) is 6.07 Å². The van der Waals surface area contributed by atoms with Crippen LogP contribution in [0.25, 0.3) is 0 Å². The van der Waals surface area contributed by atoms with Crippen LogP contribution >= 0.6 is 0 Å². The molecule has 0 aliphatic carbocycles. The van der Waals surface area contributed by atoms with Crippen molar-refractivity contribution < 1.29 is 19.1 Å². The maximum atomic E-state index is 12.0. The number of carbonyl (C=O) groups is 3. The molecule has 0 fully saturated rings. The Labute approximate surface area is 152 Å². The summed E-state index contributed by atoms with van der Waals surface area (Å²) in [5.41, 5.74) is 1.65. The van der Waals surface area contributed by atoms with Gasteiger partial charge in [0.05, 0.1) is 12.2 Å².